The third-order valence-electron chi connectivity index (χ3n) is 2.24. The average molecular weight is 236 g/mol. The lowest BCUT2D eigenvalue weighted by Crippen LogP contribution is -2.26. The van der Waals surface area contributed by atoms with Gasteiger partial charge in [0.25, 0.3) is 0 Å². The van der Waals surface area contributed by atoms with Crippen molar-refractivity contribution in [2.45, 2.75) is 72.3 Å². The molecule has 1 nitrogen and oxygen atoms in total. The molecule has 16 heavy (non-hydrogen) atoms. The summed E-state index contributed by atoms with van der Waals surface area (Å²) in [6.45, 7) is 11.7. The first-order valence-corrected chi connectivity index (χ1v) is 5.93. The molecule has 0 aliphatic rings. The molecule has 0 atom stereocenters. The molecule has 0 saturated carbocycles. The zero-order valence-electron chi connectivity index (χ0n) is 11.5. The minimum atomic E-state index is -2.60. The molecule has 0 aliphatic heterocycles. The predicted molar refractivity (Wildman–Crippen MR) is 64.0 cm³/mol. The molecule has 0 amide bonds. The van der Waals surface area contributed by atoms with Crippen LogP contribution in [0.15, 0.2) is 0 Å². The fourth-order valence-electron chi connectivity index (χ4n) is 1.19. The van der Waals surface area contributed by atoms with Gasteiger partial charge in [0.15, 0.2) is 0 Å². The van der Waals surface area contributed by atoms with E-state index >= 15 is 0 Å². The highest BCUT2D eigenvalue weighted by Gasteiger charge is 2.30. The standard InChI is InChI=1S/C13H26F2O/c1-11(2,3)7-8-13(14,15)9-10-16-12(4,5)6/h7-10H2,1-6H3. The molecule has 3 heteroatoms. The van der Waals surface area contributed by atoms with Gasteiger partial charge in [-0.15, -0.1) is 0 Å². The normalized spacial score (nSPS) is 14.2. The molecule has 0 rings (SSSR count). The third-order valence-corrected chi connectivity index (χ3v) is 2.24. The predicted octanol–water partition coefficient (Wildman–Crippen LogP) is 4.65. The third kappa shape index (κ3) is 10.3. The van der Waals surface area contributed by atoms with Gasteiger partial charge in [0.1, 0.15) is 0 Å². The Bertz CT molecular complexity index is 199. The van der Waals surface area contributed by atoms with Crippen molar-refractivity contribution in [1.82, 2.24) is 0 Å². The van der Waals surface area contributed by atoms with Crippen LogP contribution in [0.5, 0.6) is 0 Å². The van der Waals surface area contributed by atoms with Crippen molar-refractivity contribution in [3.63, 3.8) is 0 Å². The van der Waals surface area contributed by atoms with Crippen LogP contribution in [0.2, 0.25) is 0 Å². The minimum absolute atomic E-state index is 0.0334. The quantitative estimate of drug-likeness (QED) is 0.675. The molecule has 0 aliphatic carbocycles. The Morgan fingerprint density at radius 1 is 0.812 bits per heavy atom. The maximum atomic E-state index is 13.4. The fourth-order valence-corrected chi connectivity index (χ4v) is 1.19. The lowest BCUT2D eigenvalue weighted by molar-refractivity contribution is -0.0741. The molecule has 0 fully saturated rings. The Hall–Kier alpha value is -0.180. The molecule has 0 saturated heterocycles. The van der Waals surface area contributed by atoms with Crippen molar-refractivity contribution in [1.29, 1.82) is 0 Å². The number of ether oxygens (including phenoxy) is 1. The monoisotopic (exact) mass is 236 g/mol. The number of alkyl halides is 2. The summed E-state index contributed by atoms with van der Waals surface area (Å²) in [6.07, 6.45) is 0.305. The van der Waals surface area contributed by atoms with Gasteiger partial charge in [-0.3, -0.25) is 0 Å². The van der Waals surface area contributed by atoms with E-state index in [0.29, 0.717) is 6.42 Å². The summed E-state index contributed by atoms with van der Waals surface area (Å²) in [5.41, 5.74) is -0.367. The van der Waals surface area contributed by atoms with E-state index in [-0.39, 0.29) is 30.5 Å². The Labute approximate surface area is 98.6 Å². The highest BCUT2D eigenvalue weighted by molar-refractivity contribution is 4.72. The van der Waals surface area contributed by atoms with Crippen molar-refractivity contribution in [3.05, 3.63) is 0 Å². The van der Waals surface area contributed by atoms with Crippen LogP contribution in [0.25, 0.3) is 0 Å². The van der Waals surface area contributed by atoms with Crippen molar-refractivity contribution < 1.29 is 13.5 Å². The van der Waals surface area contributed by atoms with E-state index in [1.807, 2.05) is 41.5 Å². The number of halogens is 2. The molecule has 0 N–H and O–H groups in total. The summed E-state index contributed by atoms with van der Waals surface area (Å²) in [5, 5.41) is 0. The van der Waals surface area contributed by atoms with E-state index in [2.05, 4.69) is 0 Å². The van der Waals surface area contributed by atoms with Crippen LogP contribution in [-0.4, -0.2) is 18.1 Å². The van der Waals surface area contributed by atoms with Crippen molar-refractivity contribution >= 4 is 0 Å². The van der Waals surface area contributed by atoms with Crippen LogP contribution in [0.3, 0.4) is 0 Å². The lowest BCUT2D eigenvalue weighted by Gasteiger charge is -2.25. The first-order valence-electron chi connectivity index (χ1n) is 5.93. The van der Waals surface area contributed by atoms with Gasteiger partial charge in [-0.1, -0.05) is 20.8 Å². The van der Waals surface area contributed by atoms with Crippen LogP contribution in [0, 0.1) is 5.41 Å². The second-order valence-corrected chi connectivity index (χ2v) is 6.63. The molecular weight excluding hydrogens is 210 g/mol. The van der Waals surface area contributed by atoms with Crippen LogP contribution in [0.4, 0.5) is 8.78 Å². The molecule has 0 bridgehead atoms. The smallest absolute Gasteiger partial charge is 0.250 e. The van der Waals surface area contributed by atoms with E-state index < -0.39 is 5.92 Å². The van der Waals surface area contributed by atoms with Gasteiger partial charge in [-0.05, 0) is 32.6 Å². The van der Waals surface area contributed by atoms with Crippen LogP contribution in [0.1, 0.15) is 60.8 Å². The molecule has 0 heterocycles. The van der Waals surface area contributed by atoms with E-state index in [1.54, 1.807) is 0 Å². The Kier molecular flexibility index (Phi) is 5.37. The molecule has 0 radical (unpaired) electrons. The van der Waals surface area contributed by atoms with Crippen molar-refractivity contribution in [3.8, 4) is 0 Å². The summed E-state index contributed by atoms with van der Waals surface area (Å²) in [5.74, 6) is -2.60. The first-order chi connectivity index (χ1) is 6.91. The van der Waals surface area contributed by atoms with Crippen LogP contribution in [-0.2, 0) is 4.74 Å². The van der Waals surface area contributed by atoms with Gasteiger partial charge in [0.05, 0.1) is 12.2 Å². The van der Waals surface area contributed by atoms with Gasteiger partial charge in [-0.2, -0.15) is 0 Å². The van der Waals surface area contributed by atoms with Crippen LogP contribution >= 0.6 is 0 Å². The minimum Gasteiger partial charge on any atom is -0.376 e. The molecule has 0 aromatic carbocycles. The number of hydrogen-bond acceptors (Lipinski definition) is 1. The summed E-state index contributed by atoms with van der Waals surface area (Å²) in [7, 11) is 0. The zero-order valence-corrected chi connectivity index (χ0v) is 11.5. The van der Waals surface area contributed by atoms with E-state index in [9.17, 15) is 8.78 Å². The second-order valence-electron chi connectivity index (χ2n) is 6.63. The van der Waals surface area contributed by atoms with Gasteiger partial charge in [-0.25, -0.2) is 8.78 Å². The summed E-state index contributed by atoms with van der Waals surface area (Å²) in [4.78, 5) is 0. The molecular formula is C13H26F2O. The van der Waals surface area contributed by atoms with E-state index in [4.69, 9.17) is 4.74 Å². The molecule has 98 valence electrons. The highest BCUT2D eigenvalue weighted by Crippen LogP contribution is 2.31. The molecule has 0 aromatic heterocycles. The summed E-state index contributed by atoms with van der Waals surface area (Å²) >= 11 is 0. The van der Waals surface area contributed by atoms with E-state index in [0.717, 1.165) is 0 Å². The average Bonchev–Trinajstić information content (AvgIpc) is 1.97. The molecule has 0 aromatic rings. The number of rotatable bonds is 5. The largest absolute Gasteiger partial charge is 0.376 e. The van der Waals surface area contributed by atoms with Crippen molar-refractivity contribution in [2.75, 3.05) is 6.61 Å². The van der Waals surface area contributed by atoms with Crippen molar-refractivity contribution in [2.24, 2.45) is 5.41 Å². The lowest BCUT2D eigenvalue weighted by atomic mass is 9.88. The first kappa shape index (κ1) is 15.8. The van der Waals surface area contributed by atoms with Gasteiger partial charge in [0, 0.05) is 12.8 Å². The van der Waals surface area contributed by atoms with Crippen LogP contribution < -0.4 is 0 Å². The molecule has 0 unspecified atom stereocenters. The summed E-state index contributed by atoms with van der Waals surface area (Å²) in [6, 6.07) is 0. The Morgan fingerprint density at radius 2 is 1.31 bits per heavy atom. The SMILES string of the molecule is CC(C)(C)CCC(F)(F)CCOC(C)(C)C. The Morgan fingerprint density at radius 3 is 1.69 bits per heavy atom. The van der Waals surface area contributed by atoms with Gasteiger partial charge in [0.2, 0.25) is 5.92 Å². The maximum Gasteiger partial charge on any atom is 0.250 e. The maximum absolute atomic E-state index is 13.4. The van der Waals surface area contributed by atoms with E-state index in [1.165, 1.54) is 0 Å². The summed E-state index contributed by atoms with van der Waals surface area (Å²) < 4.78 is 32.2. The van der Waals surface area contributed by atoms with Gasteiger partial charge >= 0.3 is 0 Å². The zero-order chi connectivity index (χ0) is 13.0. The Balaban J connectivity index is 3.88. The fraction of sp³-hybridized carbons (Fsp3) is 1.00. The topological polar surface area (TPSA) is 9.23 Å². The highest BCUT2D eigenvalue weighted by atomic mass is 19.3. The van der Waals surface area contributed by atoms with Gasteiger partial charge < -0.3 is 4.74 Å². The second kappa shape index (κ2) is 5.44. The molecule has 0 spiro atoms. The number of hydrogen-bond donors (Lipinski definition) is 0.